The monoisotopic (exact) mass is 299 g/mol. The molecule has 0 amide bonds. The van der Waals surface area contributed by atoms with E-state index in [0.29, 0.717) is 12.5 Å². The van der Waals surface area contributed by atoms with E-state index in [1.54, 1.807) is 12.1 Å². The van der Waals surface area contributed by atoms with Crippen molar-refractivity contribution in [2.75, 3.05) is 13.2 Å². The first-order chi connectivity index (χ1) is 10.6. The summed E-state index contributed by atoms with van der Waals surface area (Å²) in [5.41, 5.74) is 0.693. The summed E-state index contributed by atoms with van der Waals surface area (Å²) in [6, 6.07) is 9.06. The van der Waals surface area contributed by atoms with Gasteiger partial charge in [-0.3, -0.25) is 0 Å². The van der Waals surface area contributed by atoms with E-state index in [9.17, 15) is 4.79 Å². The second-order valence-corrected chi connectivity index (χ2v) is 5.16. The van der Waals surface area contributed by atoms with Gasteiger partial charge in [0.05, 0.1) is 6.61 Å². The molecule has 0 aromatic heterocycles. The van der Waals surface area contributed by atoms with Gasteiger partial charge in [0, 0.05) is 0 Å². The molecule has 0 aliphatic rings. The lowest BCUT2D eigenvalue weighted by molar-refractivity contribution is -0.137. The third-order valence-electron chi connectivity index (χ3n) is 2.83. The van der Waals surface area contributed by atoms with E-state index in [1.807, 2.05) is 18.2 Å². The highest BCUT2D eigenvalue weighted by atomic mass is 16.5. The van der Waals surface area contributed by atoms with Crippen LogP contribution in [0.5, 0.6) is 5.75 Å². The van der Waals surface area contributed by atoms with E-state index in [0.717, 1.165) is 17.7 Å². The second-order valence-electron chi connectivity index (χ2n) is 5.16. The van der Waals surface area contributed by atoms with Gasteiger partial charge in [-0.25, -0.2) is 4.79 Å². The molecule has 22 heavy (non-hydrogen) atoms. The van der Waals surface area contributed by atoms with E-state index in [4.69, 9.17) is 14.7 Å². The molecule has 0 radical (unpaired) electrons. The van der Waals surface area contributed by atoms with Gasteiger partial charge in [0.15, 0.2) is 0 Å². The molecular formula is C18H21NO3. The minimum absolute atomic E-state index is 0.0460. The average Bonchev–Trinajstić information content (AvgIpc) is 2.51. The summed E-state index contributed by atoms with van der Waals surface area (Å²) in [6.07, 6.45) is 3.94. The molecule has 0 aliphatic heterocycles. The number of rotatable bonds is 8. The second kappa shape index (κ2) is 9.41. The van der Waals surface area contributed by atoms with Crippen molar-refractivity contribution in [3.63, 3.8) is 0 Å². The smallest absolute Gasteiger partial charge is 0.349 e. The van der Waals surface area contributed by atoms with Crippen LogP contribution in [0.2, 0.25) is 0 Å². The molecule has 116 valence electrons. The number of benzene rings is 1. The molecule has 1 rings (SSSR count). The zero-order valence-corrected chi connectivity index (χ0v) is 13.0. The summed E-state index contributed by atoms with van der Waals surface area (Å²) < 4.78 is 10.5. The molecule has 4 heteroatoms. The number of nitriles is 1. The van der Waals surface area contributed by atoms with Gasteiger partial charge in [-0.1, -0.05) is 38.6 Å². The van der Waals surface area contributed by atoms with Crippen molar-refractivity contribution >= 4 is 12.0 Å². The Balaban J connectivity index is 2.68. The fourth-order valence-corrected chi connectivity index (χ4v) is 1.59. The molecule has 0 heterocycles. The maximum Gasteiger partial charge on any atom is 0.349 e. The van der Waals surface area contributed by atoms with Crippen LogP contribution in [0.3, 0.4) is 0 Å². The van der Waals surface area contributed by atoms with Crippen molar-refractivity contribution in [1.29, 1.82) is 5.26 Å². The molecule has 1 aromatic rings. The van der Waals surface area contributed by atoms with Gasteiger partial charge in [-0.2, -0.15) is 5.26 Å². The fourth-order valence-electron chi connectivity index (χ4n) is 1.59. The quantitative estimate of drug-likeness (QED) is 0.317. The lowest BCUT2D eigenvalue weighted by Gasteiger charge is -2.08. The molecule has 0 spiro atoms. The first kappa shape index (κ1) is 17.5. The molecule has 0 saturated carbocycles. The Morgan fingerprint density at radius 3 is 2.59 bits per heavy atom. The fraction of sp³-hybridized carbons (Fsp3) is 0.333. The maximum absolute atomic E-state index is 11.6. The Morgan fingerprint density at radius 2 is 2.05 bits per heavy atom. The summed E-state index contributed by atoms with van der Waals surface area (Å²) in [5.74, 6) is 0.715. The number of hydrogen-bond donors (Lipinski definition) is 0. The lowest BCUT2D eigenvalue weighted by atomic mass is 10.1. The van der Waals surface area contributed by atoms with Gasteiger partial charge in [0.2, 0.25) is 0 Å². The van der Waals surface area contributed by atoms with Crippen molar-refractivity contribution < 1.29 is 14.3 Å². The van der Waals surface area contributed by atoms with E-state index in [-0.39, 0.29) is 12.2 Å². The van der Waals surface area contributed by atoms with Crippen molar-refractivity contribution in [2.24, 2.45) is 5.92 Å². The number of carbonyl (C=O) groups is 1. The first-order valence-corrected chi connectivity index (χ1v) is 7.19. The molecule has 0 fully saturated rings. The van der Waals surface area contributed by atoms with Crippen LogP contribution >= 0.6 is 0 Å². The van der Waals surface area contributed by atoms with Crippen LogP contribution in [0.15, 0.2) is 42.5 Å². The Labute approximate surface area is 131 Å². The van der Waals surface area contributed by atoms with Crippen molar-refractivity contribution in [3.8, 4) is 11.8 Å². The Morgan fingerprint density at radius 1 is 1.36 bits per heavy atom. The van der Waals surface area contributed by atoms with Crippen LogP contribution < -0.4 is 4.74 Å². The van der Waals surface area contributed by atoms with E-state index < -0.39 is 5.97 Å². The number of nitrogens with zero attached hydrogens (tertiary/aromatic N) is 1. The maximum atomic E-state index is 11.6. The van der Waals surface area contributed by atoms with Gasteiger partial charge < -0.3 is 9.47 Å². The molecule has 0 unspecified atom stereocenters. The molecule has 0 atom stereocenters. The van der Waals surface area contributed by atoms with Crippen LogP contribution in [-0.4, -0.2) is 19.2 Å². The number of esters is 1. The van der Waals surface area contributed by atoms with Crippen LogP contribution in [0, 0.1) is 17.2 Å². The van der Waals surface area contributed by atoms with E-state index in [1.165, 1.54) is 12.2 Å². The molecular weight excluding hydrogens is 278 g/mol. The van der Waals surface area contributed by atoms with Crippen LogP contribution in [0.4, 0.5) is 0 Å². The molecule has 1 aromatic carbocycles. The number of ether oxygens (including phenoxy) is 2. The van der Waals surface area contributed by atoms with Crippen molar-refractivity contribution in [1.82, 2.24) is 0 Å². The number of hydrogen-bond acceptors (Lipinski definition) is 4. The van der Waals surface area contributed by atoms with Crippen LogP contribution in [-0.2, 0) is 9.53 Å². The Hall–Kier alpha value is -2.54. The highest BCUT2D eigenvalue weighted by molar-refractivity contribution is 5.97. The highest BCUT2D eigenvalue weighted by Crippen LogP contribution is 2.16. The van der Waals surface area contributed by atoms with Crippen molar-refractivity contribution in [3.05, 3.63) is 48.1 Å². The largest absolute Gasteiger partial charge is 0.494 e. The summed E-state index contributed by atoms with van der Waals surface area (Å²) in [7, 11) is 0. The van der Waals surface area contributed by atoms with Gasteiger partial charge in [0.25, 0.3) is 0 Å². The van der Waals surface area contributed by atoms with Crippen molar-refractivity contribution in [2.45, 2.75) is 20.3 Å². The third-order valence-corrected chi connectivity index (χ3v) is 2.83. The first-order valence-electron chi connectivity index (χ1n) is 7.19. The zero-order valence-electron chi connectivity index (χ0n) is 13.0. The van der Waals surface area contributed by atoms with Crippen LogP contribution in [0.25, 0.3) is 6.08 Å². The summed E-state index contributed by atoms with van der Waals surface area (Å²) in [4.78, 5) is 11.6. The predicted molar refractivity (Wildman–Crippen MR) is 86.1 cm³/mol. The molecule has 4 nitrogen and oxygen atoms in total. The molecule has 0 saturated heterocycles. The minimum Gasteiger partial charge on any atom is -0.494 e. The summed E-state index contributed by atoms with van der Waals surface area (Å²) in [5, 5.41) is 9.01. The predicted octanol–water partition coefficient (Wildman–Crippen LogP) is 3.75. The lowest BCUT2D eigenvalue weighted by Crippen LogP contribution is -2.06. The third kappa shape index (κ3) is 6.27. The number of carbonyl (C=O) groups excluding carboxylic acids is 1. The zero-order chi connectivity index (χ0) is 16.4. The SMILES string of the molecule is C=CCOC(=O)/C(C#N)=C\c1ccc(OCCC(C)C)cc1. The Kier molecular flexibility index (Phi) is 7.49. The Bertz CT molecular complexity index is 565. The van der Waals surface area contributed by atoms with Gasteiger partial charge in [-0.05, 0) is 36.1 Å². The highest BCUT2D eigenvalue weighted by Gasteiger charge is 2.09. The molecule has 0 N–H and O–H groups in total. The normalized spacial score (nSPS) is 10.9. The van der Waals surface area contributed by atoms with Gasteiger partial charge >= 0.3 is 5.97 Å². The van der Waals surface area contributed by atoms with Gasteiger partial charge in [-0.15, -0.1) is 0 Å². The molecule has 0 bridgehead atoms. The van der Waals surface area contributed by atoms with E-state index in [2.05, 4.69) is 20.4 Å². The standard InChI is InChI=1S/C18H21NO3/c1-4-10-22-18(20)16(13-19)12-15-5-7-17(8-6-15)21-11-9-14(2)3/h4-8,12,14H,1,9-11H2,2-3H3/b16-12-. The average molecular weight is 299 g/mol. The minimum atomic E-state index is -0.653. The topological polar surface area (TPSA) is 59.3 Å². The summed E-state index contributed by atoms with van der Waals surface area (Å²) in [6.45, 7) is 8.50. The summed E-state index contributed by atoms with van der Waals surface area (Å²) >= 11 is 0. The van der Waals surface area contributed by atoms with Gasteiger partial charge in [0.1, 0.15) is 24.0 Å². The molecule has 0 aliphatic carbocycles. The van der Waals surface area contributed by atoms with E-state index >= 15 is 0 Å². The van der Waals surface area contributed by atoms with Crippen LogP contribution in [0.1, 0.15) is 25.8 Å².